The van der Waals surface area contributed by atoms with Crippen LogP contribution in [0, 0.1) is 11.8 Å². The van der Waals surface area contributed by atoms with E-state index in [0.29, 0.717) is 17.9 Å². The fourth-order valence-electron chi connectivity index (χ4n) is 3.67. The van der Waals surface area contributed by atoms with Crippen molar-refractivity contribution in [3.05, 3.63) is 0 Å². The van der Waals surface area contributed by atoms with E-state index < -0.39 is 0 Å². The first-order chi connectivity index (χ1) is 9.75. The summed E-state index contributed by atoms with van der Waals surface area (Å²) >= 11 is 0. The third-order valence-corrected chi connectivity index (χ3v) is 5.14. The van der Waals surface area contributed by atoms with E-state index in [4.69, 9.17) is 10.5 Å². The number of nitrogens with zero attached hydrogens (tertiary/aromatic N) is 1. The molecular weight excluding hydrogens is 252 g/mol. The molecule has 2 N–H and O–H groups in total. The molecule has 2 saturated carbocycles. The zero-order chi connectivity index (χ0) is 13.9. The molecule has 1 saturated heterocycles. The summed E-state index contributed by atoms with van der Waals surface area (Å²) < 4.78 is 5.46. The smallest absolute Gasteiger partial charge is 0.227 e. The highest BCUT2D eigenvalue weighted by atomic mass is 16.5. The van der Waals surface area contributed by atoms with Crippen molar-refractivity contribution in [3.8, 4) is 0 Å². The molecule has 4 heteroatoms. The summed E-state index contributed by atoms with van der Waals surface area (Å²) in [7, 11) is 0. The molecule has 3 rings (SSSR count). The van der Waals surface area contributed by atoms with E-state index in [1.165, 1.54) is 25.7 Å². The molecule has 3 unspecified atom stereocenters. The number of ether oxygens (including phenoxy) is 1. The first kappa shape index (κ1) is 14.3. The lowest BCUT2D eigenvalue weighted by Gasteiger charge is -2.31. The molecule has 0 aromatic rings. The van der Waals surface area contributed by atoms with Crippen molar-refractivity contribution < 1.29 is 9.53 Å². The Bertz CT molecular complexity index is 337. The normalized spacial score (nSPS) is 34.8. The molecule has 114 valence electrons. The van der Waals surface area contributed by atoms with Crippen molar-refractivity contribution in [2.24, 2.45) is 17.6 Å². The molecule has 2 aliphatic carbocycles. The van der Waals surface area contributed by atoms with Crippen molar-refractivity contribution in [2.45, 2.75) is 63.5 Å². The maximum atomic E-state index is 12.9. The van der Waals surface area contributed by atoms with Crippen LogP contribution in [0.2, 0.25) is 0 Å². The summed E-state index contributed by atoms with van der Waals surface area (Å²) in [6, 6.07) is 0.574. The Morgan fingerprint density at radius 3 is 2.60 bits per heavy atom. The Morgan fingerprint density at radius 2 is 1.90 bits per heavy atom. The van der Waals surface area contributed by atoms with Gasteiger partial charge in [-0.3, -0.25) is 4.79 Å². The average Bonchev–Trinajstić information content (AvgIpc) is 3.19. The van der Waals surface area contributed by atoms with E-state index in [2.05, 4.69) is 4.90 Å². The van der Waals surface area contributed by atoms with Gasteiger partial charge < -0.3 is 15.4 Å². The average molecular weight is 280 g/mol. The summed E-state index contributed by atoms with van der Waals surface area (Å²) in [5.41, 5.74) is 6.27. The number of hydrogen-bond acceptors (Lipinski definition) is 3. The second-order valence-electron chi connectivity index (χ2n) is 6.86. The Hall–Kier alpha value is -0.610. The summed E-state index contributed by atoms with van der Waals surface area (Å²) in [5.74, 6) is 0.954. The fraction of sp³-hybridized carbons (Fsp3) is 0.938. The molecule has 20 heavy (non-hydrogen) atoms. The number of hydrogen-bond donors (Lipinski definition) is 1. The molecule has 0 aromatic heterocycles. The zero-order valence-electron chi connectivity index (χ0n) is 12.4. The van der Waals surface area contributed by atoms with Crippen molar-refractivity contribution >= 4 is 5.91 Å². The maximum Gasteiger partial charge on any atom is 0.227 e. The van der Waals surface area contributed by atoms with E-state index in [9.17, 15) is 4.79 Å². The van der Waals surface area contributed by atoms with Crippen molar-refractivity contribution in [2.75, 3.05) is 19.8 Å². The second kappa shape index (κ2) is 6.44. The quantitative estimate of drug-likeness (QED) is 0.801. The molecule has 1 amide bonds. The van der Waals surface area contributed by atoms with Crippen LogP contribution in [0.3, 0.4) is 0 Å². The Kier molecular flexibility index (Phi) is 4.61. The molecule has 1 aliphatic heterocycles. The van der Waals surface area contributed by atoms with Crippen LogP contribution in [0.15, 0.2) is 0 Å². The second-order valence-corrected chi connectivity index (χ2v) is 6.86. The molecule has 3 atom stereocenters. The van der Waals surface area contributed by atoms with E-state index >= 15 is 0 Å². The Labute approximate surface area is 122 Å². The first-order valence-electron chi connectivity index (χ1n) is 8.39. The van der Waals surface area contributed by atoms with Crippen LogP contribution < -0.4 is 5.73 Å². The number of carbonyl (C=O) groups excluding carboxylic acids is 1. The van der Waals surface area contributed by atoms with Crippen LogP contribution in [0.25, 0.3) is 0 Å². The molecule has 4 nitrogen and oxygen atoms in total. The first-order valence-corrected chi connectivity index (χ1v) is 8.39. The highest BCUT2D eigenvalue weighted by Crippen LogP contribution is 2.33. The highest BCUT2D eigenvalue weighted by Gasteiger charge is 2.39. The van der Waals surface area contributed by atoms with Gasteiger partial charge in [-0.25, -0.2) is 0 Å². The monoisotopic (exact) mass is 280 g/mol. The van der Waals surface area contributed by atoms with Gasteiger partial charge in [-0.05, 0) is 32.1 Å². The zero-order valence-corrected chi connectivity index (χ0v) is 12.4. The lowest BCUT2D eigenvalue weighted by Crippen LogP contribution is -2.46. The number of rotatable bonds is 4. The van der Waals surface area contributed by atoms with Gasteiger partial charge in [-0.2, -0.15) is 0 Å². The Balaban J connectivity index is 1.64. The lowest BCUT2D eigenvalue weighted by atomic mass is 9.93. The van der Waals surface area contributed by atoms with Gasteiger partial charge in [0, 0.05) is 31.2 Å². The van der Waals surface area contributed by atoms with E-state index in [1.54, 1.807) is 0 Å². The molecule has 3 aliphatic rings. The summed E-state index contributed by atoms with van der Waals surface area (Å²) in [6.07, 6.45) is 9.05. The largest absolute Gasteiger partial charge is 0.381 e. The molecule has 0 aromatic carbocycles. The molecule has 0 radical (unpaired) electrons. The topological polar surface area (TPSA) is 55.6 Å². The van der Waals surface area contributed by atoms with Crippen molar-refractivity contribution in [1.29, 1.82) is 0 Å². The highest BCUT2D eigenvalue weighted by molar-refractivity contribution is 5.80. The number of carbonyl (C=O) groups is 1. The minimum atomic E-state index is 0.0698. The van der Waals surface area contributed by atoms with E-state index in [-0.39, 0.29) is 12.0 Å². The van der Waals surface area contributed by atoms with Gasteiger partial charge >= 0.3 is 0 Å². The summed E-state index contributed by atoms with van der Waals surface area (Å²) in [6.45, 7) is 2.58. The number of nitrogens with two attached hydrogens (primary N) is 1. The SMILES string of the molecule is NC1CCCCCC1C(=O)N(CC1CCOC1)C1CC1. The van der Waals surface area contributed by atoms with Gasteiger partial charge in [-0.1, -0.05) is 19.3 Å². The van der Waals surface area contributed by atoms with Crippen LogP contribution in [0.5, 0.6) is 0 Å². The molecular formula is C16H28N2O2. The van der Waals surface area contributed by atoms with E-state index in [0.717, 1.165) is 45.4 Å². The van der Waals surface area contributed by atoms with Gasteiger partial charge in [0.15, 0.2) is 0 Å². The van der Waals surface area contributed by atoms with Crippen molar-refractivity contribution in [1.82, 2.24) is 4.90 Å². The third-order valence-electron chi connectivity index (χ3n) is 5.14. The van der Waals surface area contributed by atoms with Gasteiger partial charge in [0.1, 0.15) is 0 Å². The maximum absolute atomic E-state index is 12.9. The fourth-order valence-corrected chi connectivity index (χ4v) is 3.67. The standard InChI is InChI=1S/C16H28N2O2/c17-15-5-3-1-2-4-14(15)16(19)18(13-6-7-13)10-12-8-9-20-11-12/h12-15H,1-11,17H2. The van der Waals surface area contributed by atoms with Crippen LogP contribution in [0.4, 0.5) is 0 Å². The minimum Gasteiger partial charge on any atom is -0.381 e. The summed E-state index contributed by atoms with van der Waals surface area (Å²) in [5, 5.41) is 0. The predicted octanol–water partition coefficient (Wildman–Crippen LogP) is 1.92. The summed E-state index contributed by atoms with van der Waals surface area (Å²) in [4.78, 5) is 15.1. The predicted molar refractivity (Wildman–Crippen MR) is 78.2 cm³/mol. The number of amides is 1. The van der Waals surface area contributed by atoms with Crippen LogP contribution in [0.1, 0.15) is 51.4 Å². The molecule has 3 fully saturated rings. The third kappa shape index (κ3) is 3.34. The van der Waals surface area contributed by atoms with Crippen LogP contribution in [-0.4, -0.2) is 42.6 Å². The van der Waals surface area contributed by atoms with Crippen LogP contribution >= 0.6 is 0 Å². The van der Waals surface area contributed by atoms with Gasteiger partial charge in [-0.15, -0.1) is 0 Å². The molecule has 0 spiro atoms. The van der Waals surface area contributed by atoms with Crippen molar-refractivity contribution in [3.63, 3.8) is 0 Å². The molecule has 0 bridgehead atoms. The van der Waals surface area contributed by atoms with Crippen LogP contribution in [-0.2, 0) is 9.53 Å². The lowest BCUT2D eigenvalue weighted by molar-refractivity contribution is -0.137. The Morgan fingerprint density at radius 1 is 1.10 bits per heavy atom. The minimum absolute atomic E-state index is 0.0698. The van der Waals surface area contributed by atoms with Gasteiger partial charge in [0.05, 0.1) is 12.5 Å². The molecule has 1 heterocycles. The van der Waals surface area contributed by atoms with Gasteiger partial charge in [0.2, 0.25) is 5.91 Å². The van der Waals surface area contributed by atoms with E-state index in [1.807, 2.05) is 0 Å². The van der Waals surface area contributed by atoms with Gasteiger partial charge in [0.25, 0.3) is 0 Å².